The Morgan fingerprint density at radius 2 is 1.75 bits per heavy atom. The molecule has 0 aliphatic rings. The van der Waals surface area contributed by atoms with Crippen LogP contribution in [0.2, 0.25) is 0 Å². The Kier molecular flexibility index (Phi) is 4.33. The normalized spacial score (nSPS) is 10.6. The number of nitrogens with one attached hydrogen (secondary N) is 2. The molecule has 140 valence electrons. The van der Waals surface area contributed by atoms with Crippen LogP contribution in [0.15, 0.2) is 36.7 Å². The van der Waals surface area contributed by atoms with Crippen LogP contribution in [0.1, 0.15) is 5.56 Å². The first-order valence-corrected chi connectivity index (χ1v) is 8.42. The first-order chi connectivity index (χ1) is 13.7. The average molecular weight is 375 g/mol. The molecule has 2 heterocycles. The van der Waals surface area contributed by atoms with Gasteiger partial charge in [0.1, 0.15) is 22.9 Å². The molecule has 0 saturated carbocycles. The van der Waals surface area contributed by atoms with Gasteiger partial charge in [0, 0.05) is 23.2 Å². The highest BCUT2D eigenvalue weighted by molar-refractivity contribution is 6.02. The smallest absolute Gasteiger partial charge is 0.203 e. The number of methoxy groups -OCH3 is 3. The molecule has 0 aliphatic carbocycles. The maximum atomic E-state index is 9.59. The summed E-state index contributed by atoms with van der Waals surface area (Å²) in [7, 11) is 4.63. The van der Waals surface area contributed by atoms with Gasteiger partial charge in [-0.1, -0.05) is 6.07 Å². The van der Waals surface area contributed by atoms with Gasteiger partial charge in [-0.3, -0.25) is 0 Å². The van der Waals surface area contributed by atoms with Crippen molar-refractivity contribution in [2.24, 2.45) is 0 Å². The molecular weight excluding hydrogens is 358 g/mol. The number of hydrogen-bond acceptors (Lipinski definition) is 7. The summed E-state index contributed by atoms with van der Waals surface area (Å²) in [6, 6.07) is 11.3. The molecule has 0 atom stereocenters. The Hall–Kier alpha value is -3.99. The summed E-state index contributed by atoms with van der Waals surface area (Å²) in [4.78, 5) is 12.1. The molecule has 8 nitrogen and oxygen atoms in total. The zero-order chi connectivity index (χ0) is 19.7. The molecule has 28 heavy (non-hydrogen) atoms. The van der Waals surface area contributed by atoms with E-state index in [2.05, 4.69) is 26.3 Å². The van der Waals surface area contributed by atoms with Crippen LogP contribution in [0, 0.1) is 11.3 Å². The fourth-order valence-corrected chi connectivity index (χ4v) is 3.11. The zero-order valence-corrected chi connectivity index (χ0v) is 15.5. The number of fused-ring (bicyclic) bond motifs is 3. The molecule has 0 unspecified atom stereocenters. The minimum atomic E-state index is 0.413. The van der Waals surface area contributed by atoms with Crippen LogP contribution < -0.4 is 19.5 Å². The van der Waals surface area contributed by atoms with E-state index in [9.17, 15) is 5.26 Å². The minimum Gasteiger partial charge on any atom is -0.493 e. The summed E-state index contributed by atoms with van der Waals surface area (Å²) in [5.41, 5.74) is 3.38. The topological polar surface area (TPSA) is 105 Å². The van der Waals surface area contributed by atoms with Gasteiger partial charge in [-0.25, -0.2) is 9.97 Å². The maximum Gasteiger partial charge on any atom is 0.203 e. The van der Waals surface area contributed by atoms with E-state index < -0.39 is 0 Å². The summed E-state index contributed by atoms with van der Waals surface area (Å²) < 4.78 is 16.1. The third-order valence-corrected chi connectivity index (χ3v) is 4.42. The number of hydrogen-bond donors (Lipinski definition) is 2. The largest absolute Gasteiger partial charge is 0.493 e. The second-order valence-electron chi connectivity index (χ2n) is 5.97. The lowest BCUT2D eigenvalue weighted by molar-refractivity contribution is 0.324. The fourth-order valence-electron chi connectivity index (χ4n) is 3.11. The standard InChI is InChI=1S/C20H17N5O3/c1-26-15-7-13(8-16(27-2)19(15)28-3)24-20-12(9-21)6-11-4-5-14-18(17(11)25-20)23-10-22-14/h4-8,10H,1-3H3,(H,22,23)(H,24,25). The second-order valence-corrected chi connectivity index (χ2v) is 5.97. The maximum absolute atomic E-state index is 9.59. The van der Waals surface area contributed by atoms with Crippen molar-refractivity contribution in [3.05, 3.63) is 42.2 Å². The number of imidazole rings is 1. The summed E-state index contributed by atoms with van der Waals surface area (Å²) in [6.45, 7) is 0. The van der Waals surface area contributed by atoms with Gasteiger partial charge in [0.25, 0.3) is 0 Å². The Morgan fingerprint density at radius 1 is 1.00 bits per heavy atom. The minimum absolute atomic E-state index is 0.413. The lowest BCUT2D eigenvalue weighted by Gasteiger charge is -2.15. The van der Waals surface area contributed by atoms with Crippen LogP contribution in [0.4, 0.5) is 11.5 Å². The fraction of sp³-hybridized carbons (Fsp3) is 0.150. The molecule has 0 aliphatic heterocycles. The van der Waals surface area contributed by atoms with Gasteiger partial charge in [-0.2, -0.15) is 5.26 Å². The summed E-state index contributed by atoms with van der Waals surface area (Å²) in [5, 5.41) is 13.6. The predicted molar refractivity (Wildman–Crippen MR) is 105 cm³/mol. The van der Waals surface area contributed by atoms with E-state index in [4.69, 9.17) is 14.2 Å². The molecule has 0 spiro atoms. The lowest BCUT2D eigenvalue weighted by Crippen LogP contribution is -2.01. The molecule has 0 radical (unpaired) electrons. The monoisotopic (exact) mass is 375 g/mol. The molecule has 4 rings (SSSR count). The number of rotatable bonds is 5. The quantitative estimate of drug-likeness (QED) is 0.547. The number of aromatic nitrogens is 3. The zero-order valence-electron chi connectivity index (χ0n) is 15.5. The Balaban J connectivity index is 1.86. The average Bonchev–Trinajstić information content (AvgIpc) is 3.21. The summed E-state index contributed by atoms with van der Waals surface area (Å²) in [6.07, 6.45) is 1.62. The van der Waals surface area contributed by atoms with Crippen molar-refractivity contribution in [1.29, 1.82) is 5.26 Å². The number of nitrogens with zero attached hydrogens (tertiary/aromatic N) is 3. The first-order valence-electron chi connectivity index (χ1n) is 8.42. The van der Waals surface area contributed by atoms with Gasteiger partial charge in [0.15, 0.2) is 11.5 Å². The van der Waals surface area contributed by atoms with E-state index in [1.54, 1.807) is 45.9 Å². The molecule has 8 heteroatoms. The Morgan fingerprint density at radius 3 is 2.39 bits per heavy atom. The van der Waals surface area contributed by atoms with Crippen LogP contribution in [0.5, 0.6) is 17.2 Å². The number of anilines is 2. The highest BCUT2D eigenvalue weighted by atomic mass is 16.5. The number of benzene rings is 2. The van der Waals surface area contributed by atoms with Crippen LogP contribution in [-0.4, -0.2) is 36.3 Å². The van der Waals surface area contributed by atoms with Crippen molar-refractivity contribution in [1.82, 2.24) is 15.0 Å². The van der Waals surface area contributed by atoms with Crippen molar-refractivity contribution in [2.75, 3.05) is 26.6 Å². The van der Waals surface area contributed by atoms with Crippen molar-refractivity contribution in [3.8, 4) is 23.3 Å². The van der Waals surface area contributed by atoms with Gasteiger partial charge in [-0.15, -0.1) is 0 Å². The van der Waals surface area contributed by atoms with E-state index in [1.165, 1.54) is 0 Å². The van der Waals surface area contributed by atoms with Gasteiger partial charge in [-0.05, 0) is 12.1 Å². The van der Waals surface area contributed by atoms with Gasteiger partial charge < -0.3 is 24.5 Å². The molecule has 0 saturated heterocycles. The van der Waals surface area contributed by atoms with E-state index in [0.29, 0.717) is 39.8 Å². The third-order valence-electron chi connectivity index (χ3n) is 4.42. The number of aromatic amines is 1. The molecule has 0 bridgehead atoms. The van der Waals surface area contributed by atoms with Gasteiger partial charge in [0.05, 0.1) is 38.7 Å². The van der Waals surface area contributed by atoms with Crippen LogP contribution >= 0.6 is 0 Å². The highest BCUT2D eigenvalue weighted by Gasteiger charge is 2.16. The van der Waals surface area contributed by atoms with E-state index in [0.717, 1.165) is 16.4 Å². The van der Waals surface area contributed by atoms with Gasteiger partial charge in [0.2, 0.25) is 5.75 Å². The van der Waals surface area contributed by atoms with Crippen molar-refractivity contribution >= 4 is 33.4 Å². The number of pyridine rings is 1. The first kappa shape index (κ1) is 17.4. The molecular formula is C20H17N5O3. The van der Waals surface area contributed by atoms with E-state index in [-0.39, 0.29) is 0 Å². The summed E-state index contributed by atoms with van der Waals surface area (Å²) in [5.74, 6) is 1.90. The second kappa shape index (κ2) is 6.96. The van der Waals surface area contributed by atoms with Crippen LogP contribution in [-0.2, 0) is 0 Å². The molecule has 2 aromatic heterocycles. The Labute approximate surface area is 160 Å². The van der Waals surface area contributed by atoms with E-state index in [1.807, 2.05) is 12.1 Å². The number of nitriles is 1. The van der Waals surface area contributed by atoms with Crippen molar-refractivity contribution in [2.45, 2.75) is 0 Å². The van der Waals surface area contributed by atoms with Gasteiger partial charge >= 0.3 is 0 Å². The van der Waals surface area contributed by atoms with Crippen LogP contribution in [0.3, 0.4) is 0 Å². The summed E-state index contributed by atoms with van der Waals surface area (Å²) >= 11 is 0. The third kappa shape index (κ3) is 2.79. The lowest BCUT2D eigenvalue weighted by atomic mass is 10.1. The predicted octanol–water partition coefficient (Wildman–Crippen LogP) is 3.75. The van der Waals surface area contributed by atoms with Crippen molar-refractivity contribution < 1.29 is 14.2 Å². The number of H-pyrrole nitrogens is 1. The van der Waals surface area contributed by atoms with Crippen LogP contribution in [0.25, 0.3) is 21.9 Å². The molecule has 2 aromatic carbocycles. The molecule has 0 amide bonds. The molecule has 2 N–H and O–H groups in total. The Bertz CT molecular complexity index is 1200. The van der Waals surface area contributed by atoms with Crippen molar-refractivity contribution in [3.63, 3.8) is 0 Å². The number of ether oxygens (including phenoxy) is 3. The van der Waals surface area contributed by atoms with E-state index >= 15 is 0 Å². The SMILES string of the molecule is COc1cc(Nc2nc3c(ccc4[nH]cnc43)cc2C#N)cc(OC)c1OC. The molecule has 0 fully saturated rings. The molecule has 4 aromatic rings. The highest BCUT2D eigenvalue weighted by Crippen LogP contribution is 2.41.